The van der Waals surface area contributed by atoms with Gasteiger partial charge >= 0.3 is 0 Å². The van der Waals surface area contributed by atoms with E-state index < -0.39 is 0 Å². The van der Waals surface area contributed by atoms with E-state index in [1.54, 1.807) is 7.11 Å². The van der Waals surface area contributed by atoms with Gasteiger partial charge in [0.25, 0.3) is 0 Å². The second kappa shape index (κ2) is 4.29. The van der Waals surface area contributed by atoms with Gasteiger partial charge in [-0.3, -0.25) is 0 Å². The van der Waals surface area contributed by atoms with Crippen LogP contribution in [0.1, 0.15) is 20.8 Å². The van der Waals surface area contributed by atoms with Crippen LogP contribution < -0.4 is 0 Å². The Bertz CT molecular complexity index is 132. The molecule has 0 aromatic carbocycles. The summed E-state index contributed by atoms with van der Waals surface area (Å²) < 4.78 is 5.16. The van der Waals surface area contributed by atoms with Gasteiger partial charge in [0.15, 0.2) is 0 Å². The predicted octanol–water partition coefficient (Wildman–Crippen LogP) is 2.54. The van der Waals surface area contributed by atoms with Gasteiger partial charge in [-0.1, -0.05) is 24.3 Å². The first-order chi connectivity index (χ1) is 4.62. The van der Waals surface area contributed by atoms with Gasteiger partial charge < -0.3 is 4.74 Å². The van der Waals surface area contributed by atoms with Gasteiger partial charge in [0, 0.05) is 7.11 Å². The summed E-state index contributed by atoms with van der Waals surface area (Å²) in [6.07, 6.45) is 7.99. The summed E-state index contributed by atoms with van der Waals surface area (Å²) >= 11 is 0. The number of methoxy groups -OCH3 is 1. The maximum atomic E-state index is 5.16. The SMILES string of the molecule is C/C=C/C=C/C(C)(C)OC. The van der Waals surface area contributed by atoms with E-state index in [4.69, 9.17) is 4.74 Å². The molecule has 0 radical (unpaired) electrons. The predicted molar refractivity (Wildman–Crippen MR) is 45.0 cm³/mol. The van der Waals surface area contributed by atoms with Gasteiger partial charge in [-0.05, 0) is 20.8 Å². The molecule has 0 fully saturated rings. The summed E-state index contributed by atoms with van der Waals surface area (Å²) in [5, 5.41) is 0. The fourth-order valence-corrected chi connectivity index (χ4v) is 0.466. The average Bonchev–Trinajstić information content (AvgIpc) is 1.89. The van der Waals surface area contributed by atoms with Crippen LogP contribution in [0.3, 0.4) is 0 Å². The molecule has 58 valence electrons. The highest BCUT2D eigenvalue weighted by molar-refractivity contribution is 5.07. The van der Waals surface area contributed by atoms with Crippen molar-refractivity contribution >= 4 is 0 Å². The molecule has 0 atom stereocenters. The number of rotatable bonds is 3. The minimum absolute atomic E-state index is 0.139. The molecule has 0 unspecified atom stereocenters. The van der Waals surface area contributed by atoms with Crippen LogP contribution >= 0.6 is 0 Å². The maximum Gasteiger partial charge on any atom is 0.0805 e. The molecule has 0 amide bonds. The first-order valence-corrected chi connectivity index (χ1v) is 3.48. The van der Waals surface area contributed by atoms with E-state index in [9.17, 15) is 0 Å². The van der Waals surface area contributed by atoms with Crippen LogP contribution in [-0.4, -0.2) is 12.7 Å². The molecule has 0 aliphatic heterocycles. The fourth-order valence-electron chi connectivity index (χ4n) is 0.466. The largest absolute Gasteiger partial charge is 0.375 e. The number of allylic oxidation sites excluding steroid dienone is 3. The first kappa shape index (κ1) is 9.44. The monoisotopic (exact) mass is 140 g/mol. The Balaban J connectivity index is 3.86. The Morgan fingerprint density at radius 3 is 2.20 bits per heavy atom. The smallest absolute Gasteiger partial charge is 0.0805 e. The van der Waals surface area contributed by atoms with Gasteiger partial charge in [-0.2, -0.15) is 0 Å². The van der Waals surface area contributed by atoms with Gasteiger partial charge in [0.2, 0.25) is 0 Å². The van der Waals surface area contributed by atoms with E-state index in [-0.39, 0.29) is 5.60 Å². The molecular formula is C9H16O. The zero-order valence-corrected chi connectivity index (χ0v) is 7.22. The Morgan fingerprint density at radius 1 is 1.20 bits per heavy atom. The molecular weight excluding hydrogens is 124 g/mol. The van der Waals surface area contributed by atoms with Crippen molar-refractivity contribution in [3.8, 4) is 0 Å². The second-order valence-electron chi connectivity index (χ2n) is 2.69. The Labute approximate surface area is 63.4 Å². The summed E-state index contributed by atoms with van der Waals surface area (Å²) in [5.41, 5.74) is -0.139. The molecule has 1 heteroatoms. The maximum absolute atomic E-state index is 5.16. The van der Waals surface area contributed by atoms with Crippen LogP contribution in [0.15, 0.2) is 24.3 Å². The lowest BCUT2D eigenvalue weighted by atomic mass is 10.1. The topological polar surface area (TPSA) is 9.23 Å². The highest BCUT2D eigenvalue weighted by Gasteiger charge is 2.09. The van der Waals surface area contributed by atoms with Crippen LogP contribution in [0.5, 0.6) is 0 Å². The van der Waals surface area contributed by atoms with E-state index in [1.807, 2.05) is 45.1 Å². The third kappa shape index (κ3) is 4.33. The molecule has 0 saturated heterocycles. The van der Waals surface area contributed by atoms with Crippen LogP contribution in [-0.2, 0) is 4.74 Å². The Hall–Kier alpha value is -0.560. The van der Waals surface area contributed by atoms with Crippen molar-refractivity contribution in [3.05, 3.63) is 24.3 Å². The zero-order valence-electron chi connectivity index (χ0n) is 7.22. The molecule has 0 bridgehead atoms. The van der Waals surface area contributed by atoms with Crippen LogP contribution in [0.2, 0.25) is 0 Å². The molecule has 0 saturated carbocycles. The minimum atomic E-state index is -0.139. The fraction of sp³-hybridized carbons (Fsp3) is 0.556. The highest BCUT2D eigenvalue weighted by Crippen LogP contribution is 2.08. The molecule has 0 heterocycles. The molecule has 0 spiro atoms. The van der Waals surface area contributed by atoms with E-state index in [0.29, 0.717) is 0 Å². The van der Waals surface area contributed by atoms with Crippen LogP contribution in [0.25, 0.3) is 0 Å². The van der Waals surface area contributed by atoms with Crippen molar-refractivity contribution in [2.45, 2.75) is 26.4 Å². The van der Waals surface area contributed by atoms with Crippen LogP contribution in [0.4, 0.5) is 0 Å². The van der Waals surface area contributed by atoms with Crippen LogP contribution in [0, 0.1) is 0 Å². The standard InChI is InChI=1S/C9H16O/c1-5-6-7-8-9(2,3)10-4/h5-8H,1-4H3/b6-5+,8-7+. The Morgan fingerprint density at radius 2 is 1.80 bits per heavy atom. The normalized spacial score (nSPS) is 13.6. The third-order valence-electron chi connectivity index (χ3n) is 1.33. The second-order valence-corrected chi connectivity index (χ2v) is 2.69. The van der Waals surface area contributed by atoms with Crippen molar-refractivity contribution in [2.24, 2.45) is 0 Å². The minimum Gasteiger partial charge on any atom is -0.375 e. The van der Waals surface area contributed by atoms with Crippen molar-refractivity contribution in [2.75, 3.05) is 7.11 Å². The van der Waals surface area contributed by atoms with Crippen molar-refractivity contribution in [3.63, 3.8) is 0 Å². The molecule has 1 nitrogen and oxygen atoms in total. The third-order valence-corrected chi connectivity index (χ3v) is 1.33. The van der Waals surface area contributed by atoms with Crippen molar-refractivity contribution < 1.29 is 4.74 Å². The summed E-state index contributed by atoms with van der Waals surface area (Å²) in [7, 11) is 1.71. The quantitative estimate of drug-likeness (QED) is 0.547. The lowest BCUT2D eigenvalue weighted by Crippen LogP contribution is -2.18. The number of hydrogen-bond donors (Lipinski definition) is 0. The first-order valence-electron chi connectivity index (χ1n) is 3.48. The molecule has 0 aliphatic rings. The highest BCUT2D eigenvalue weighted by atomic mass is 16.5. The average molecular weight is 140 g/mol. The summed E-state index contributed by atoms with van der Waals surface area (Å²) in [6.45, 7) is 6.03. The van der Waals surface area contributed by atoms with E-state index >= 15 is 0 Å². The summed E-state index contributed by atoms with van der Waals surface area (Å²) in [6, 6.07) is 0. The molecule has 0 aliphatic carbocycles. The molecule has 0 N–H and O–H groups in total. The van der Waals surface area contributed by atoms with Gasteiger partial charge in [-0.25, -0.2) is 0 Å². The molecule has 0 rings (SSSR count). The molecule has 10 heavy (non-hydrogen) atoms. The number of ether oxygens (including phenoxy) is 1. The van der Waals surface area contributed by atoms with E-state index in [1.165, 1.54) is 0 Å². The van der Waals surface area contributed by atoms with Crippen molar-refractivity contribution in [1.82, 2.24) is 0 Å². The molecule has 0 aromatic rings. The van der Waals surface area contributed by atoms with Gasteiger partial charge in [-0.15, -0.1) is 0 Å². The van der Waals surface area contributed by atoms with Gasteiger partial charge in [0.1, 0.15) is 0 Å². The summed E-state index contributed by atoms with van der Waals surface area (Å²) in [4.78, 5) is 0. The Kier molecular flexibility index (Phi) is 4.05. The lowest BCUT2D eigenvalue weighted by molar-refractivity contribution is 0.0656. The zero-order chi connectivity index (χ0) is 8.04. The summed E-state index contributed by atoms with van der Waals surface area (Å²) in [5.74, 6) is 0. The van der Waals surface area contributed by atoms with E-state index in [0.717, 1.165) is 0 Å². The van der Waals surface area contributed by atoms with Gasteiger partial charge in [0.05, 0.1) is 5.60 Å². The number of hydrogen-bond acceptors (Lipinski definition) is 1. The molecule has 0 aromatic heterocycles. The van der Waals surface area contributed by atoms with Crippen molar-refractivity contribution in [1.29, 1.82) is 0 Å². The van der Waals surface area contributed by atoms with E-state index in [2.05, 4.69) is 0 Å². The lowest BCUT2D eigenvalue weighted by Gasteiger charge is -2.16.